The molecule has 2 aromatic rings. The summed E-state index contributed by atoms with van der Waals surface area (Å²) in [6.07, 6.45) is 0. The highest BCUT2D eigenvalue weighted by Crippen LogP contribution is 2.32. The van der Waals surface area contributed by atoms with E-state index in [1.165, 1.54) is 18.1 Å². The van der Waals surface area contributed by atoms with Crippen LogP contribution in [0, 0.1) is 0 Å². The first-order valence-corrected chi connectivity index (χ1v) is 8.26. The zero-order valence-electron chi connectivity index (χ0n) is 12.7. The lowest BCUT2D eigenvalue weighted by Crippen LogP contribution is -2.33. The normalized spacial score (nSPS) is 13.8. The molecule has 3 rings (SSSR count). The van der Waals surface area contributed by atoms with Gasteiger partial charge in [0.2, 0.25) is 0 Å². The summed E-state index contributed by atoms with van der Waals surface area (Å²) in [6.45, 7) is 0.164. The molecular weight excluding hydrogens is 398 g/mol. The van der Waals surface area contributed by atoms with Crippen LogP contribution < -0.4 is 9.64 Å². The van der Waals surface area contributed by atoms with Crippen molar-refractivity contribution in [3.05, 3.63) is 57.0 Å². The van der Waals surface area contributed by atoms with Gasteiger partial charge in [-0.1, -0.05) is 27.5 Å². The predicted molar refractivity (Wildman–Crippen MR) is 93.6 cm³/mol. The maximum atomic E-state index is 12.5. The monoisotopic (exact) mass is 409 g/mol. The Morgan fingerprint density at radius 1 is 1.29 bits per heavy atom. The van der Waals surface area contributed by atoms with Crippen LogP contribution >= 0.6 is 27.5 Å². The Morgan fingerprint density at radius 3 is 2.83 bits per heavy atom. The van der Waals surface area contributed by atoms with Crippen molar-refractivity contribution >= 4 is 45.1 Å². The Bertz CT molecular complexity index is 824. The summed E-state index contributed by atoms with van der Waals surface area (Å²) in [5, 5.41) is 0.390. The molecule has 0 fully saturated rings. The standard InChI is InChI=1S/C17H13BrClNO4/c1-23-17(22)13-7-12(19)3-4-14(13)20-8-10-6-11(18)2-5-15(10)24-9-16(20)21/h2-7H,8-9H2,1H3. The van der Waals surface area contributed by atoms with Crippen molar-refractivity contribution in [2.75, 3.05) is 18.6 Å². The number of nitrogens with zero attached hydrogens (tertiary/aromatic N) is 1. The van der Waals surface area contributed by atoms with Gasteiger partial charge >= 0.3 is 5.97 Å². The number of ether oxygens (including phenoxy) is 2. The highest BCUT2D eigenvalue weighted by Gasteiger charge is 2.27. The van der Waals surface area contributed by atoms with Crippen LogP contribution in [-0.2, 0) is 16.1 Å². The van der Waals surface area contributed by atoms with E-state index >= 15 is 0 Å². The van der Waals surface area contributed by atoms with Gasteiger partial charge in [0, 0.05) is 15.1 Å². The average molecular weight is 411 g/mol. The zero-order valence-corrected chi connectivity index (χ0v) is 15.1. The largest absolute Gasteiger partial charge is 0.483 e. The van der Waals surface area contributed by atoms with Crippen LogP contribution in [0.5, 0.6) is 5.75 Å². The molecule has 0 radical (unpaired) electrons. The van der Waals surface area contributed by atoms with Crippen LogP contribution in [0.1, 0.15) is 15.9 Å². The van der Waals surface area contributed by atoms with E-state index in [0.717, 1.165) is 10.0 Å². The molecule has 0 atom stereocenters. The number of hydrogen-bond donors (Lipinski definition) is 0. The van der Waals surface area contributed by atoms with E-state index in [4.69, 9.17) is 21.1 Å². The second-order valence-electron chi connectivity index (χ2n) is 5.17. The van der Waals surface area contributed by atoms with E-state index in [1.54, 1.807) is 18.2 Å². The van der Waals surface area contributed by atoms with Gasteiger partial charge in [-0.2, -0.15) is 0 Å². The van der Waals surface area contributed by atoms with Crippen LogP contribution in [0.2, 0.25) is 5.02 Å². The number of hydrogen-bond acceptors (Lipinski definition) is 4. The van der Waals surface area contributed by atoms with Crippen LogP contribution in [0.3, 0.4) is 0 Å². The summed E-state index contributed by atoms with van der Waals surface area (Å²) in [5.41, 5.74) is 1.51. The minimum atomic E-state index is -0.556. The zero-order chi connectivity index (χ0) is 17.3. The molecule has 5 nitrogen and oxygen atoms in total. The van der Waals surface area contributed by atoms with E-state index in [2.05, 4.69) is 15.9 Å². The molecule has 0 unspecified atom stereocenters. The van der Waals surface area contributed by atoms with Crippen LogP contribution in [0.15, 0.2) is 40.9 Å². The van der Waals surface area contributed by atoms with Crippen molar-refractivity contribution in [2.24, 2.45) is 0 Å². The number of fused-ring (bicyclic) bond motifs is 1. The molecule has 2 aromatic carbocycles. The number of anilines is 1. The van der Waals surface area contributed by atoms with Gasteiger partial charge in [-0.05, 0) is 36.4 Å². The first-order valence-electron chi connectivity index (χ1n) is 7.09. The lowest BCUT2D eigenvalue weighted by atomic mass is 10.1. The molecule has 0 bridgehead atoms. The molecule has 1 heterocycles. The van der Waals surface area contributed by atoms with E-state index < -0.39 is 5.97 Å². The smallest absolute Gasteiger partial charge is 0.340 e. The summed E-state index contributed by atoms with van der Waals surface area (Å²) in [4.78, 5) is 26.1. The second-order valence-corrected chi connectivity index (χ2v) is 6.53. The number of esters is 1. The van der Waals surface area contributed by atoms with Crippen molar-refractivity contribution < 1.29 is 19.1 Å². The van der Waals surface area contributed by atoms with Crippen molar-refractivity contribution in [1.29, 1.82) is 0 Å². The fourth-order valence-corrected chi connectivity index (χ4v) is 3.11. The van der Waals surface area contributed by atoms with E-state index in [1.807, 2.05) is 12.1 Å². The van der Waals surface area contributed by atoms with Crippen LogP contribution in [0.4, 0.5) is 5.69 Å². The molecular formula is C17H13BrClNO4. The van der Waals surface area contributed by atoms with Crippen molar-refractivity contribution in [2.45, 2.75) is 6.54 Å². The topological polar surface area (TPSA) is 55.8 Å². The van der Waals surface area contributed by atoms with Crippen molar-refractivity contribution in [3.63, 3.8) is 0 Å². The minimum absolute atomic E-state index is 0.113. The highest BCUT2D eigenvalue weighted by molar-refractivity contribution is 9.10. The Hall–Kier alpha value is -2.05. The predicted octanol–water partition coefficient (Wildman–Crippen LogP) is 3.81. The molecule has 0 saturated carbocycles. The number of methoxy groups -OCH3 is 1. The first kappa shape index (κ1) is 16.8. The third kappa shape index (κ3) is 3.25. The molecule has 0 N–H and O–H groups in total. The van der Waals surface area contributed by atoms with Gasteiger partial charge < -0.3 is 14.4 Å². The van der Waals surface area contributed by atoms with Gasteiger partial charge in [-0.15, -0.1) is 0 Å². The minimum Gasteiger partial charge on any atom is -0.483 e. The molecule has 0 saturated heterocycles. The summed E-state index contributed by atoms with van der Waals surface area (Å²) in [6, 6.07) is 10.3. The molecule has 124 valence electrons. The first-order chi connectivity index (χ1) is 11.5. The Labute approximate surface area is 152 Å². The lowest BCUT2D eigenvalue weighted by Gasteiger charge is -2.22. The SMILES string of the molecule is COC(=O)c1cc(Cl)ccc1N1Cc2cc(Br)ccc2OCC1=O. The maximum Gasteiger partial charge on any atom is 0.340 e. The number of rotatable bonds is 2. The van der Waals surface area contributed by atoms with Crippen molar-refractivity contribution in [3.8, 4) is 5.75 Å². The Morgan fingerprint density at radius 2 is 2.08 bits per heavy atom. The number of carbonyl (C=O) groups excluding carboxylic acids is 2. The Kier molecular flexibility index (Phi) is 4.78. The molecule has 1 aliphatic rings. The fourth-order valence-electron chi connectivity index (χ4n) is 2.52. The molecule has 7 heteroatoms. The third-order valence-electron chi connectivity index (χ3n) is 3.66. The average Bonchev–Trinajstić information content (AvgIpc) is 2.73. The second kappa shape index (κ2) is 6.83. The number of halogens is 2. The number of amides is 1. The summed E-state index contributed by atoms with van der Waals surface area (Å²) >= 11 is 9.40. The van der Waals surface area contributed by atoms with Gasteiger partial charge in [0.1, 0.15) is 5.75 Å². The quantitative estimate of drug-likeness (QED) is 0.707. The summed E-state index contributed by atoms with van der Waals surface area (Å²) < 4.78 is 11.2. The summed E-state index contributed by atoms with van der Waals surface area (Å²) in [7, 11) is 1.28. The fraction of sp³-hybridized carbons (Fsp3) is 0.176. The van der Waals surface area contributed by atoms with Crippen LogP contribution in [0.25, 0.3) is 0 Å². The van der Waals surface area contributed by atoms with Crippen molar-refractivity contribution in [1.82, 2.24) is 0 Å². The third-order valence-corrected chi connectivity index (χ3v) is 4.39. The lowest BCUT2D eigenvalue weighted by molar-refractivity contribution is -0.120. The number of carbonyl (C=O) groups is 2. The van der Waals surface area contributed by atoms with Gasteiger partial charge in [0.15, 0.2) is 6.61 Å². The highest BCUT2D eigenvalue weighted by atomic mass is 79.9. The maximum absolute atomic E-state index is 12.5. The molecule has 1 amide bonds. The van der Waals surface area contributed by atoms with Gasteiger partial charge in [-0.25, -0.2) is 4.79 Å². The van der Waals surface area contributed by atoms with Crippen LogP contribution in [-0.4, -0.2) is 25.6 Å². The molecule has 0 aromatic heterocycles. The molecule has 0 aliphatic carbocycles. The van der Waals surface area contributed by atoms with Gasteiger partial charge in [0.25, 0.3) is 5.91 Å². The number of benzene rings is 2. The van der Waals surface area contributed by atoms with Gasteiger partial charge in [-0.3, -0.25) is 4.79 Å². The molecule has 1 aliphatic heterocycles. The van der Waals surface area contributed by atoms with E-state index in [9.17, 15) is 9.59 Å². The van der Waals surface area contributed by atoms with E-state index in [0.29, 0.717) is 16.5 Å². The molecule has 24 heavy (non-hydrogen) atoms. The Balaban J connectivity index is 2.08. The van der Waals surface area contributed by atoms with Gasteiger partial charge in [0.05, 0.1) is 24.9 Å². The summed E-state index contributed by atoms with van der Waals surface area (Å²) in [5.74, 6) is -0.169. The van der Waals surface area contributed by atoms with E-state index in [-0.39, 0.29) is 24.6 Å². The molecule has 0 spiro atoms.